The maximum Gasteiger partial charge on any atom is 0.241 e. The predicted molar refractivity (Wildman–Crippen MR) is 86.4 cm³/mol. The first-order chi connectivity index (χ1) is 10.4. The van der Waals surface area contributed by atoms with Crippen molar-refractivity contribution in [3.8, 4) is 0 Å². The normalized spacial score (nSPS) is 11.2. The molecule has 7 heteroatoms. The Balaban J connectivity index is 1.98. The largest absolute Gasteiger partial charge is 0.325 e. The molecule has 0 aliphatic rings. The summed E-state index contributed by atoms with van der Waals surface area (Å²) in [6.45, 7) is 1.35. The molecule has 116 valence electrons. The van der Waals surface area contributed by atoms with Crippen LogP contribution in [0.4, 0.5) is 5.69 Å². The molecule has 0 aromatic heterocycles. The minimum absolute atomic E-state index is 0.161. The Morgan fingerprint density at radius 1 is 1.09 bits per heavy atom. The van der Waals surface area contributed by atoms with E-state index in [1.54, 1.807) is 49.4 Å². The first-order valence-corrected chi connectivity index (χ1v) is 8.35. The fourth-order valence-corrected chi connectivity index (χ4v) is 3.19. The Labute approximate surface area is 134 Å². The third-order valence-electron chi connectivity index (χ3n) is 2.93. The fourth-order valence-electron chi connectivity index (χ4n) is 1.83. The fraction of sp³-hybridized carbons (Fsp3) is 0.133. The molecule has 2 rings (SSSR count). The zero-order chi connectivity index (χ0) is 16.2. The number of hydrogen-bond acceptors (Lipinski definition) is 3. The highest BCUT2D eigenvalue weighted by Crippen LogP contribution is 2.14. The van der Waals surface area contributed by atoms with Crippen molar-refractivity contribution in [2.24, 2.45) is 0 Å². The molecule has 1 amide bonds. The standard InChI is InChI=1S/C15H15ClN2O3S/c1-11-4-2-3-5-14(11)22(20,21)17-10-15(19)18-13-8-6-12(16)7-9-13/h2-9,17H,10H2,1H3,(H,18,19). The van der Waals surface area contributed by atoms with Crippen molar-refractivity contribution in [1.29, 1.82) is 0 Å². The molecule has 0 aliphatic carbocycles. The maximum absolute atomic E-state index is 12.1. The molecular weight excluding hydrogens is 324 g/mol. The lowest BCUT2D eigenvalue weighted by molar-refractivity contribution is -0.115. The highest BCUT2D eigenvalue weighted by Gasteiger charge is 2.17. The van der Waals surface area contributed by atoms with Crippen LogP contribution in [-0.4, -0.2) is 20.9 Å². The van der Waals surface area contributed by atoms with Crippen molar-refractivity contribution < 1.29 is 13.2 Å². The van der Waals surface area contributed by atoms with E-state index in [1.807, 2.05) is 0 Å². The van der Waals surface area contributed by atoms with Gasteiger partial charge in [0.1, 0.15) is 0 Å². The summed E-state index contributed by atoms with van der Waals surface area (Å²) in [6, 6.07) is 13.1. The van der Waals surface area contributed by atoms with Gasteiger partial charge in [-0.15, -0.1) is 0 Å². The van der Waals surface area contributed by atoms with Gasteiger partial charge in [0.05, 0.1) is 11.4 Å². The van der Waals surface area contributed by atoms with Crippen LogP contribution in [0.25, 0.3) is 0 Å². The van der Waals surface area contributed by atoms with Gasteiger partial charge in [-0.25, -0.2) is 13.1 Å². The van der Waals surface area contributed by atoms with Gasteiger partial charge >= 0.3 is 0 Å². The van der Waals surface area contributed by atoms with Gasteiger partial charge in [0, 0.05) is 10.7 Å². The summed E-state index contributed by atoms with van der Waals surface area (Å²) in [5, 5.41) is 3.14. The van der Waals surface area contributed by atoms with Crippen molar-refractivity contribution in [1.82, 2.24) is 4.72 Å². The Morgan fingerprint density at radius 3 is 2.36 bits per heavy atom. The second-order valence-electron chi connectivity index (χ2n) is 4.65. The van der Waals surface area contributed by atoms with E-state index in [1.165, 1.54) is 6.07 Å². The van der Waals surface area contributed by atoms with Gasteiger partial charge in [0.15, 0.2) is 0 Å². The minimum Gasteiger partial charge on any atom is -0.325 e. The van der Waals surface area contributed by atoms with Gasteiger partial charge in [-0.2, -0.15) is 0 Å². The number of aryl methyl sites for hydroxylation is 1. The van der Waals surface area contributed by atoms with Crippen molar-refractivity contribution in [2.45, 2.75) is 11.8 Å². The molecule has 22 heavy (non-hydrogen) atoms. The van der Waals surface area contributed by atoms with Crippen LogP contribution in [-0.2, 0) is 14.8 Å². The average molecular weight is 339 g/mol. The maximum atomic E-state index is 12.1. The second-order valence-corrected chi connectivity index (χ2v) is 6.82. The highest BCUT2D eigenvalue weighted by atomic mass is 35.5. The summed E-state index contributed by atoms with van der Waals surface area (Å²) in [5.74, 6) is -0.459. The van der Waals surface area contributed by atoms with Crippen LogP contribution in [0.2, 0.25) is 5.02 Å². The quantitative estimate of drug-likeness (QED) is 0.879. The lowest BCUT2D eigenvalue weighted by Gasteiger charge is -2.09. The Morgan fingerprint density at radius 2 is 1.73 bits per heavy atom. The summed E-state index contributed by atoms with van der Waals surface area (Å²) >= 11 is 5.75. The minimum atomic E-state index is -3.72. The second kappa shape index (κ2) is 6.91. The predicted octanol–water partition coefficient (Wildman–Crippen LogP) is 2.57. The monoisotopic (exact) mass is 338 g/mol. The zero-order valence-electron chi connectivity index (χ0n) is 11.8. The number of amides is 1. The third kappa shape index (κ3) is 4.30. The van der Waals surface area contributed by atoms with Crippen molar-refractivity contribution in [2.75, 3.05) is 11.9 Å². The van der Waals surface area contributed by atoms with E-state index in [0.29, 0.717) is 16.3 Å². The molecule has 5 nitrogen and oxygen atoms in total. The van der Waals surface area contributed by atoms with Crippen LogP contribution >= 0.6 is 11.6 Å². The molecule has 0 atom stereocenters. The first-order valence-electron chi connectivity index (χ1n) is 6.49. The van der Waals surface area contributed by atoms with Crippen LogP contribution in [0, 0.1) is 6.92 Å². The molecule has 0 bridgehead atoms. The van der Waals surface area contributed by atoms with E-state index < -0.39 is 15.9 Å². The molecule has 0 saturated carbocycles. The summed E-state index contributed by atoms with van der Waals surface area (Å²) < 4.78 is 26.6. The number of benzene rings is 2. The molecule has 2 aromatic rings. The Bertz CT molecular complexity index is 774. The number of hydrogen-bond donors (Lipinski definition) is 2. The number of carbonyl (C=O) groups is 1. The number of halogens is 1. The first kappa shape index (κ1) is 16.5. The van der Waals surface area contributed by atoms with E-state index in [0.717, 1.165) is 0 Å². The average Bonchev–Trinajstić information content (AvgIpc) is 2.48. The highest BCUT2D eigenvalue weighted by molar-refractivity contribution is 7.89. The smallest absolute Gasteiger partial charge is 0.241 e. The van der Waals surface area contributed by atoms with Crippen molar-refractivity contribution >= 4 is 33.2 Å². The van der Waals surface area contributed by atoms with Gasteiger partial charge in [0.2, 0.25) is 15.9 Å². The number of rotatable bonds is 5. The summed E-state index contributed by atoms with van der Waals surface area (Å²) in [4.78, 5) is 12.0. The van der Waals surface area contributed by atoms with Gasteiger partial charge in [-0.1, -0.05) is 29.8 Å². The van der Waals surface area contributed by atoms with E-state index >= 15 is 0 Å². The summed E-state index contributed by atoms with van der Waals surface area (Å²) in [6.07, 6.45) is 0. The number of carbonyl (C=O) groups excluding carboxylic acids is 1. The van der Waals surface area contributed by atoms with Gasteiger partial charge < -0.3 is 5.32 Å². The molecule has 0 heterocycles. The summed E-state index contributed by atoms with van der Waals surface area (Å²) in [7, 11) is -3.72. The molecule has 2 N–H and O–H groups in total. The van der Waals surface area contributed by atoms with Gasteiger partial charge in [-0.05, 0) is 42.8 Å². The lowest BCUT2D eigenvalue weighted by atomic mass is 10.2. The van der Waals surface area contributed by atoms with Crippen LogP contribution in [0.5, 0.6) is 0 Å². The van der Waals surface area contributed by atoms with E-state index in [-0.39, 0.29) is 11.4 Å². The summed E-state index contributed by atoms with van der Waals surface area (Å²) in [5.41, 5.74) is 1.16. The molecule has 0 unspecified atom stereocenters. The molecule has 2 aromatic carbocycles. The number of anilines is 1. The van der Waals surface area contributed by atoms with E-state index in [4.69, 9.17) is 11.6 Å². The van der Waals surface area contributed by atoms with Gasteiger partial charge in [-0.3, -0.25) is 4.79 Å². The van der Waals surface area contributed by atoms with Gasteiger partial charge in [0.25, 0.3) is 0 Å². The molecule has 0 saturated heterocycles. The third-order valence-corrected chi connectivity index (χ3v) is 4.75. The zero-order valence-corrected chi connectivity index (χ0v) is 13.4. The molecular formula is C15H15ClN2O3S. The SMILES string of the molecule is Cc1ccccc1S(=O)(=O)NCC(=O)Nc1ccc(Cl)cc1. The lowest BCUT2D eigenvalue weighted by Crippen LogP contribution is -2.33. The number of sulfonamides is 1. The molecule has 0 radical (unpaired) electrons. The molecule has 0 fully saturated rings. The topological polar surface area (TPSA) is 75.3 Å². The van der Waals surface area contributed by atoms with Crippen molar-refractivity contribution in [3.05, 3.63) is 59.1 Å². The molecule has 0 spiro atoms. The van der Waals surface area contributed by atoms with Crippen LogP contribution in [0.15, 0.2) is 53.4 Å². The Hall–Kier alpha value is -1.89. The van der Waals surface area contributed by atoms with Crippen LogP contribution in [0.3, 0.4) is 0 Å². The van der Waals surface area contributed by atoms with E-state index in [2.05, 4.69) is 10.0 Å². The Kier molecular flexibility index (Phi) is 5.18. The van der Waals surface area contributed by atoms with Crippen LogP contribution in [0.1, 0.15) is 5.56 Å². The number of nitrogens with one attached hydrogen (secondary N) is 2. The van der Waals surface area contributed by atoms with Crippen molar-refractivity contribution in [3.63, 3.8) is 0 Å². The van der Waals surface area contributed by atoms with Crippen LogP contribution < -0.4 is 10.0 Å². The molecule has 0 aliphatic heterocycles. The van der Waals surface area contributed by atoms with E-state index in [9.17, 15) is 13.2 Å².